The van der Waals surface area contributed by atoms with Crippen molar-refractivity contribution in [3.05, 3.63) is 77.3 Å². The van der Waals surface area contributed by atoms with Gasteiger partial charge >= 0.3 is 5.71 Å². The molecule has 0 unspecified atom stereocenters. The molecule has 0 bridgehead atoms. The molecule has 0 aliphatic heterocycles. The average Bonchev–Trinajstić information content (AvgIpc) is 2.33. The second-order valence-corrected chi connectivity index (χ2v) is 3.18. The molecule has 80 valence electrons. The summed E-state index contributed by atoms with van der Waals surface area (Å²) in [5.41, 5.74) is 11.4. The van der Waals surface area contributed by atoms with E-state index in [1.54, 1.807) is 0 Å². The molecule has 0 fully saturated rings. The Morgan fingerprint density at radius 1 is 0.750 bits per heavy atom. The third-order valence-electron chi connectivity index (χ3n) is 2.19. The first-order chi connectivity index (χ1) is 7.42. The van der Waals surface area contributed by atoms with E-state index in [-0.39, 0.29) is 7.43 Å². The molecule has 0 saturated heterocycles. The van der Waals surface area contributed by atoms with E-state index in [0.29, 0.717) is 5.71 Å². The van der Waals surface area contributed by atoms with Crippen LogP contribution in [0, 0.1) is 0 Å². The molecule has 0 aliphatic carbocycles. The van der Waals surface area contributed by atoms with Crippen LogP contribution in [0.15, 0.2) is 60.7 Å². The van der Waals surface area contributed by atoms with E-state index in [4.69, 9.17) is 5.53 Å². The highest BCUT2D eigenvalue weighted by Crippen LogP contribution is 2.08. The highest BCUT2D eigenvalue weighted by atomic mass is 14.9. The van der Waals surface area contributed by atoms with Crippen LogP contribution >= 0.6 is 0 Å². The molecule has 0 atom stereocenters. The molecule has 2 rings (SSSR count). The summed E-state index contributed by atoms with van der Waals surface area (Å²) in [7, 11) is 0. The summed E-state index contributed by atoms with van der Waals surface area (Å²) < 4.78 is 0. The maximum atomic E-state index is 9.02. The third-order valence-corrected chi connectivity index (χ3v) is 2.19. The predicted molar refractivity (Wildman–Crippen MR) is 66.4 cm³/mol. The molecule has 0 aromatic heterocycles. The lowest BCUT2D eigenvalue weighted by Gasteiger charge is -1.95. The summed E-state index contributed by atoms with van der Waals surface area (Å²) in [6.07, 6.45) is 0. The zero-order chi connectivity index (χ0) is 10.5. The lowest BCUT2D eigenvalue weighted by Crippen LogP contribution is -2.03. The van der Waals surface area contributed by atoms with Crippen molar-refractivity contribution in [1.82, 2.24) is 0 Å². The van der Waals surface area contributed by atoms with E-state index in [1.807, 2.05) is 60.7 Å². The standard InChI is InChI=1S/C13H10N2.CH4/c14-15-13(11-7-3-1-4-8-11)12-9-5-2-6-10-12;/h1-10H;1H4. The van der Waals surface area contributed by atoms with Gasteiger partial charge in [-0.25, -0.2) is 0 Å². The van der Waals surface area contributed by atoms with Crippen LogP contribution in [0.4, 0.5) is 0 Å². The molecule has 0 N–H and O–H groups in total. The highest BCUT2D eigenvalue weighted by molar-refractivity contribution is 6.09. The van der Waals surface area contributed by atoms with E-state index in [9.17, 15) is 0 Å². The first kappa shape index (κ1) is 11.9. The van der Waals surface area contributed by atoms with E-state index >= 15 is 0 Å². The monoisotopic (exact) mass is 210 g/mol. The Labute approximate surface area is 95.8 Å². The van der Waals surface area contributed by atoms with Crippen LogP contribution in [0.3, 0.4) is 0 Å². The fraction of sp³-hybridized carbons (Fsp3) is 0.0714. The van der Waals surface area contributed by atoms with Crippen LogP contribution in [-0.4, -0.2) is 10.5 Å². The summed E-state index contributed by atoms with van der Waals surface area (Å²) in [4.78, 5) is 3.35. The molecular weight excluding hydrogens is 196 g/mol. The first-order valence-corrected chi connectivity index (χ1v) is 4.74. The van der Waals surface area contributed by atoms with Gasteiger partial charge in [0.1, 0.15) is 0 Å². The van der Waals surface area contributed by atoms with Crippen LogP contribution < -0.4 is 0 Å². The smallest absolute Gasteiger partial charge is 0.329 e. The largest absolute Gasteiger partial charge is 0.361 e. The van der Waals surface area contributed by atoms with Gasteiger partial charge in [0.2, 0.25) is 0 Å². The van der Waals surface area contributed by atoms with Gasteiger partial charge in [-0.3, -0.25) is 0 Å². The molecule has 2 heteroatoms. The minimum Gasteiger partial charge on any atom is -0.361 e. The molecule has 2 aromatic carbocycles. The van der Waals surface area contributed by atoms with E-state index in [0.717, 1.165) is 11.1 Å². The molecule has 0 heterocycles. The summed E-state index contributed by atoms with van der Waals surface area (Å²) in [6.45, 7) is 0. The van der Waals surface area contributed by atoms with Crippen molar-refractivity contribution >= 4 is 5.71 Å². The second kappa shape index (κ2) is 5.64. The molecule has 16 heavy (non-hydrogen) atoms. The Morgan fingerprint density at radius 3 is 1.44 bits per heavy atom. The van der Waals surface area contributed by atoms with Gasteiger partial charge in [-0.2, -0.15) is 4.79 Å². The summed E-state index contributed by atoms with van der Waals surface area (Å²) in [5.74, 6) is 0. The Morgan fingerprint density at radius 2 is 1.12 bits per heavy atom. The Hall–Kier alpha value is -2.18. The van der Waals surface area contributed by atoms with Gasteiger partial charge in [0.05, 0.1) is 11.1 Å². The van der Waals surface area contributed by atoms with Crippen molar-refractivity contribution in [1.29, 1.82) is 0 Å². The zero-order valence-corrected chi connectivity index (χ0v) is 8.17. The summed E-state index contributed by atoms with van der Waals surface area (Å²) in [6, 6.07) is 19.2. The first-order valence-electron chi connectivity index (χ1n) is 4.74. The summed E-state index contributed by atoms with van der Waals surface area (Å²) in [5, 5.41) is 0. The Balaban J connectivity index is 0.00000128. The van der Waals surface area contributed by atoms with Gasteiger partial charge < -0.3 is 5.53 Å². The van der Waals surface area contributed by atoms with Gasteiger partial charge in [0.25, 0.3) is 0 Å². The van der Waals surface area contributed by atoms with Crippen molar-refractivity contribution in [2.24, 2.45) is 0 Å². The minimum absolute atomic E-state index is 0. The van der Waals surface area contributed by atoms with Gasteiger partial charge in [0, 0.05) is 0 Å². The van der Waals surface area contributed by atoms with Crippen LogP contribution in [0.1, 0.15) is 18.6 Å². The van der Waals surface area contributed by atoms with E-state index in [2.05, 4.69) is 4.79 Å². The molecule has 0 aliphatic rings. The zero-order valence-electron chi connectivity index (χ0n) is 8.17. The topological polar surface area (TPSA) is 36.4 Å². The van der Waals surface area contributed by atoms with Crippen molar-refractivity contribution in [2.75, 3.05) is 0 Å². The minimum atomic E-state index is 0. The fourth-order valence-electron chi connectivity index (χ4n) is 1.47. The molecule has 0 spiro atoms. The van der Waals surface area contributed by atoms with Crippen LogP contribution in [0.2, 0.25) is 0 Å². The van der Waals surface area contributed by atoms with Crippen molar-refractivity contribution < 1.29 is 4.79 Å². The second-order valence-electron chi connectivity index (χ2n) is 3.18. The third kappa shape index (κ3) is 2.44. The molecule has 2 nitrogen and oxygen atoms in total. The van der Waals surface area contributed by atoms with Gasteiger partial charge in [-0.1, -0.05) is 43.8 Å². The van der Waals surface area contributed by atoms with Crippen molar-refractivity contribution in [2.45, 2.75) is 7.43 Å². The van der Waals surface area contributed by atoms with E-state index in [1.165, 1.54) is 0 Å². The summed E-state index contributed by atoms with van der Waals surface area (Å²) >= 11 is 0. The van der Waals surface area contributed by atoms with Crippen molar-refractivity contribution in [3.63, 3.8) is 0 Å². The Bertz CT molecular complexity index is 441. The molecular formula is C14H14N2. The van der Waals surface area contributed by atoms with Gasteiger partial charge in [-0.15, -0.1) is 0 Å². The highest BCUT2D eigenvalue weighted by Gasteiger charge is 2.13. The fourth-order valence-corrected chi connectivity index (χ4v) is 1.47. The normalized spacial score (nSPS) is 8.75. The quantitative estimate of drug-likeness (QED) is 0.414. The molecule has 0 amide bonds. The Kier molecular flexibility index (Phi) is 4.19. The van der Waals surface area contributed by atoms with Crippen LogP contribution in [0.5, 0.6) is 0 Å². The maximum Gasteiger partial charge on any atom is 0.329 e. The molecule has 2 aromatic rings. The van der Waals surface area contributed by atoms with Crippen molar-refractivity contribution in [3.8, 4) is 0 Å². The maximum absolute atomic E-state index is 9.02. The number of hydrogen-bond donors (Lipinski definition) is 0. The number of rotatable bonds is 2. The number of hydrogen-bond acceptors (Lipinski definition) is 0. The average molecular weight is 210 g/mol. The SMILES string of the molecule is C.[N-]=[N+]=C(c1ccccc1)c1ccccc1. The lowest BCUT2D eigenvalue weighted by atomic mass is 10.0. The van der Waals surface area contributed by atoms with Gasteiger partial charge in [0.15, 0.2) is 0 Å². The number of benzene rings is 2. The van der Waals surface area contributed by atoms with Crippen LogP contribution in [-0.2, 0) is 0 Å². The van der Waals surface area contributed by atoms with Crippen LogP contribution in [0.25, 0.3) is 5.53 Å². The lowest BCUT2D eigenvalue weighted by molar-refractivity contribution is -0.00279. The van der Waals surface area contributed by atoms with E-state index < -0.39 is 0 Å². The predicted octanol–water partition coefficient (Wildman–Crippen LogP) is 3.39. The molecule has 0 radical (unpaired) electrons. The molecule has 0 saturated carbocycles. The van der Waals surface area contributed by atoms with Gasteiger partial charge in [-0.05, 0) is 24.3 Å². The number of nitrogens with zero attached hydrogens (tertiary/aromatic N) is 2.